The number of likely N-dealkylation sites (tertiary alicyclic amines) is 1. The van der Waals surface area contributed by atoms with Gasteiger partial charge in [-0.1, -0.05) is 11.6 Å². The van der Waals surface area contributed by atoms with Gasteiger partial charge in [0.1, 0.15) is 0 Å². The van der Waals surface area contributed by atoms with E-state index in [4.69, 9.17) is 11.6 Å². The summed E-state index contributed by atoms with van der Waals surface area (Å²) in [4.78, 5) is 14.3. The van der Waals surface area contributed by atoms with Crippen LogP contribution in [0.4, 0.5) is 0 Å². The molecule has 1 aromatic carbocycles. The summed E-state index contributed by atoms with van der Waals surface area (Å²) < 4.78 is 26.3. The van der Waals surface area contributed by atoms with Crippen LogP contribution in [0.2, 0.25) is 5.02 Å². The van der Waals surface area contributed by atoms with E-state index in [2.05, 4.69) is 4.72 Å². The number of carbonyl (C=O) groups is 1. The number of rotatable bonds is 5. The van der Waals surface area contributed by atoms with Gasteiger partial charge in [0.05, 0.1) is 5.25 Å². The third-order valence-corrected chi connectivity index (χ3v) is 6.15. The topological polar surface area (TPSA) is 66.5 Å². The van der Waals surface area contributed by atoms with Gasteiger partial charge in [-0.3, -0.25) is 4.79 Å². The third-order valence-electron chi connectivity index (χ3n) is 4.09. The molecule has 0 unspecified atom stereocenters. The number of amides is 1. The zero-order valence-corrected chi connectivity index (χ0v) is 15.0. The fraction of sp³-hybridized carbons (Fsp3) is 0.562. The standard InChI is InChI=1S/C16H23ClN2O3S/c1-12(2)23(21,22)18-10-13-4-3-9-19(11-13)16(20)14-5-7-15(17)8-6-14/h5-8,12-13,18H,3-4,9-11H2,1-2H3/t13-/m0/s1. The molecule has 1 heterocycles. The minimum absolute atomic E-state index is 0.0296. The molecule has 1 aromatic rings. The van der Waals surface area contributed by atoms with Gasteiger partial charge < -0.3 is 4.90 Å². The Morgan fingerprint density at radius 1 is 1.35 bits per heavy atom. The number of hydrogen-bond donors (Lipinski definition) is 1. The lowest BCUT2D eigenvalue weighted by atomic mass is 9.97. The van der Waals surface area contributed by atoms with E-state index >= 15 is 0 Å². The molecule has 1 aliphatic heterocycles. The van der Waals surface area contributed by atoms with Crippen molar-refractivity contribution in [2.75, 3.05) is 19.6 Å². The molecule has 5 nitrogen and oxygen atoms in total. The molecule has 7 heteroatoms. The fourth-order valence-corrected chi connectivity index (χ4v) is 3.52. The second kappa shape index (κ2) is 7.64. The molecule has 23 heavy (non-hydrogen) atoms. The molecule has 0 saturated carbocycles. The first-order valence-corrected chi connectivity index (χ1v) is 9.75. The fourth-order valence-electron chi connectivity index (χ4n) is 2.59. The molecule has 0 bridgehead atoms. The third kappa shape index (κ3) is 4.93. The lowest BCUT2D eigenvalue weighted by Crippen LogP contribution is -2.44. The lowest BCUT2D eigenvalue weighted by Gasteiger charge is -2.33. The minimum atomic E-state index is -3.26. The van der Waals surface area contributed by atoms with E-state index in [1.165, 1.54) is 0 Å². The number of halogens is 1. The van der Waals surface area contributed by atoms with Crippen molar-refractivity contribution >= 4 is 27.5 Å². The van der Waals surface area contributed by atoms with Crippen molar-refractivity contribution in [1.29, 1.82) is 0 Å². The first kappa shape index (κ1) is 18.2. The van der Waals surface area contributed by atoms with Gasteiger partial charge in [0.25, 0.3) is 5.91 Å². The molecule has 1 fully saturated rings. The molecule has 2 rings (SSSR count). The molecule has 0 aliphatic carbocycles. The van der Waals surface area contributed by atoms with Gasteiger partial charge in [-0.2, -0.15) is 0 Å². The summed E-state index contributed by atoms with van der Waals surface area (Å²) >= 11 is 5.84. The van der Waals surface area contributed by atoms with Gasteiger partial charge >= 0.3 is 0 Å². The molecular formula is C16H23ClN2O3S. The van der Waals surface area contributed by atoms with Crippen LogP contribution in [0.5, 0.6) is 0 Å². The number of benzene rings is 1. The van der Waals surface area contributed by atoms with E-state index < -0.39 is 15.3 Å². The molecule has 1 amide bonds. The van der Waals surface area contributed by atoms with Crippen LogP contribution in [0.15, 0.2) is 24.3 Å². The van der Waals surface area contributed by atoms with Crippen LogP contribution in [0.1, 0.15) is 37.0 Å². The van der Waals surface area contributed by atoms with Gasteiger partial charge in [-0.05, 0) is 56.9 Å². The monoisotopic (exact) mass is 358 g/mol. The number of piperidine rings is 1. The van der Waals surface area contributed by atoms with Gasteiger partial charge in [-0.25, -0.2) is 13.1 Å². The highest BCUT2D eigenvalue weighted by Crippen LogP contribution is 2.19. The molecule has 128 valence electrons. The van der Waals surface area contributed by atoms with Crippen LogP contribution >= 0.6 is 11.6 Å². The predicted molar refractivity (Wildman–Crippen MR) is 92.1 cm³/mol. The van der Waals surface area contributed by atoms with E-state index in [0.29, 0.717) is 30.2 Å². The Morgan fingerprint density at radius 3 is 2.61 bits per heavy atom. The molecule has 0 radical (unpaired) electrons. The average molecular weight is 359 g/mol. The zero-order chi connectivity index (χ0) is 17.0. The van der Waals surface area contributed by atoms with Crippen molar-refractivity contribution < 1.29 is 13.2 Å². The molecule has 1 saturated heterocycles. The van der Waals surface area contributed by atoms with Crippen molar-refractivity contribution in [3.05, 3.63) is 34.9 Å². The summed E-state index contributed by atoms with van der Waals surface area (Å²) in [6, 6.07) is 6.84. The minimum Gasteiger partial charge on any atom is -0.338 e. The Balaban J connectivity index is 1.95. The van der Waals surface area contributed by atoms with Crippen molar-refractivity contribution in [3.63, 3.8) is 0 Å². The Labute approximate surface area is 143 Å². The Bertz CT molecular complexity index is 644. The second-order valence-corrected chi connectivity index (χ2v) is 8.97. The van der Waals surface area contributed by atoms with E-state index in [0.717, 1.165) is 12.8 Å². The summed E-state index contributed by atoms with van der Waals surface area (Å²) in [5.74, 6) is 0.117. The summed E-state index contributed by atoms with van der Waals surface area (Å²) in [5.41, 5.74) is 0.609. The van der Waals surface area contributed by atoms with E-state index in [-0.39, 0.29) is 11.8 Å². The number of sulfonamides is 1. The largest absolute Gasteiger partial charge is 0.338 e. The van der Waals surface area contributed by atoms with Crippen LogP contribution in [0, 0.1) is 5.92 Å². The Kier molecular flexibility index (Phi) is 6.06. The Hall–Kier alpha value is -1.11. The van der Waals surface area contributed by atoms with Crippen molar-refractivity contribution in [2.45, 2.75) is 31.9 Å². The van der Waals surface area contributed by atoms with Gasteiger partial charge in [0, 0.05) is 30.2 Å². The maximum atomic E-state index is 12.5. The van der Waals surface area contributed by atoms with Crippen LogP contribution < -0.4 is 4.72 Å². The average Bonchev–Trinajstić information content (AvgIpc) is 2.53. The van der Waals surface area contributed by atoms with Crippen molar-refractivity contribution in [1.82, 2.24) is 9.62 Å². The molecule has 1 N–H and O–H groups in total. The summed E-state index contributed by atoms with van der Waals surface area (Å²) in [6.45, 7) is 4.96. The van der Waals surface area contributed by atoms with Crippen LogP contribution in [-0.4, -0.2) is 44.1 Å². The van der Waals surface area contributed by atoms with Crippen molar-refractivity contribution in [3.8, 4) is 0 Å². The predicted octanol–water partition coefficient (Wildman–Crippen LogP) is 2.52. The van der Waals surface area contributed by atoms with E-state index in [1.54, 1.807) is 43.0 Å². The first-order valence-electron chi connectivity index (χ1n) is 7.83. The number of hydrogen-bond acceptors (Lipinski definition) is 3. The number of nitrogens with one attached hydrogen (secondary N) is 1. The summed E-state index contributed by atoms with van der Waals surface area (Å²) in [5, 5.41) is 0.152. The molecule has 0 aromatic heterocycles. The summed E-state index contributed by atoms with van der Waals surface area (Å²) in [7, 11) is -3.26. The lowest BCUT2D eigenvalue weighted by molar-refractivity contribution is 0.0676. The number of carbonyl (C=O) groups excluding carboxylic acids is 1. The highest BCUT2D eigenvalue weighted by atomic mass is 35.5. The normalized spacial score (nSPS) is 19.1. The van der Waals surface area contributed by atoms with Crippen molar-refractivity contribution in [2.24, 2.45) is 5.92 Å². The number of nitrogens with zero attached hydrogens (tertiary/aromatic N) is 1. The van der Waals surface area contributed by atoms with Crippen LogP contribution in [0.25, 0.3) is 0 Å². The second-order valence-electron chi connectivity index (χ2n) is 6.21. The van der Waals surface area contributed by atoms with Gasteiger partial charge in [0.15, 0.2) is 0 Å². The molecule has 1 atom stereocenters. The highest BCUT2D eigenvalue weighted by Gasteiger charge is 2.26. The smallest absolute Gasteiger partial charge is 0.253 e. The SMILES string of the molecule is CC(C)S(=O)(=O)NC[C@@H]1CCCN(C(=O)c2ccc(Cl)cc2)C1. The quantitative estimate of drug-likeness (QED) is 0.879. The Morgan fingerprint density at radius 2 is 2.00 bits per heavy atom. The highest BCUT2D eigenvalue weighted by molar-refractivity contribution is 7.90. The van der Waals surface area contributed by atoms with E-state index in [9.17, 15) is 13.2 Å². The molecule has 1 aliphatic rings. The first-order chi connectivity index (χ1) is 10.8. The van der Waals surface area contributed by atoms with Gasteiger partial charge in [0.2, 0.25) is 10.0 Å². The van der Waals surface area contributed by atoms with E-state index in [1.807, 2.05) is 0 Å². The maximum absolute atomic E-state index is 12.5. The zero-order valence-electron chi connectivity index (χ0n) is 13.5. The van der Waals surface area contributed by atoms with Gasteiger partial charge in [-0.15, -0.1) is 0 Å². The molecule has 0 spiro atoms. The maximum Gasteiger partial charge on any atom is 0.253 e. The van der Waals surface area contributed by atoms with Crippen LogP contribution in [0.3, 0.4) is 0 Å². The summed E-state index contributed by atoms with van der Waals surface area (Å²) in [6.07, 6.45) is 1.80. The van der Waals surface area contributed by atoms with Crippen LogP contribution in [-0.2, 0) is 10.0 Å². The molecular weight excluding hydrogens is 336 g/mol.